The molecule has 18 heavy (non-hydrogen) atoms. The topological polar surface area (TPSA) is 44.8 Å². The number of esters is 1. The maximum Gasteiger partial charge on any atom is 0.430 e. The molecule has 0 saturated heterocycles. The maximum atomic E-state index is 13.0. The maximum absolute atomic E-state index is 13.0. The molecule has 104 valence electrons. The van der Waals surface area contributed by atoms with Crippen molar-refractivity contribution >= 4 is 28.6 Å². The summed E-state index contributed by atoms with van der Waals surface area (Å²) in [6, 6.07) is 0. The predicted octanol–water partition coefficient (Wildman–Crippen LogP) is 2.56. The summed E-state index contributed by atoms with van der Waals surface area (Å²) in [7, 11) is 1.13. The molecule has 1 aliphatic rings. The monoisotopic (exact) mass is 380 g/mol. The smallest absolute Gasteiger partial charge is 0.430 e. The van der Waals surface area contributed by atoms with E-state index < -0.39 is 29.6 Å². The second-order valence-corrected chi connectivity index (χ2v) is 4.88. The summed E-state index contributed by atoms with van der Waals surface area (Å²) in [5.74, 6) is -1.36. The van der Waals surface area contributed by atoms with Crippen LogP contribution in [0.2, 0.25) is 0 Å². The van der Waals surface area contributed by atoms with Crippen molar-refractivity contribution in [2.24, 2.45) is 0 Å². The zero-order valence-electron chi connectivity index (χ0n) is 9.93. The first-order chi connectivity index (χ1) is 8.19. The van der Waals surface area contributed by atoms with E-state index in [9.17, 15) is 18.0 Å². The Morgan fingerprint density at radius 3 is 2.44 bits per heavy atom. The van der Waals surface area contributed by atoms with E-state index >= 15 is 0 Å². The molecular weight excluding hydrogens is 368 g/mol. The van der Waals surface area contributed by atoms with Gasteiger partial charge in [0.15, 0.2) is 0 Å². The van der Waals surface area contributed by atoms with Crippen molar-refractivity contribution in [3.05, 3.63) is 9.34 Å². The highest BCUT2D eigenvalue weighted by Crippen LogP contribution is 2.48. The van der Waals surface area contributed by atoms with E-state index in [-0.39, 0.29) is 10.2 Å². The highest BCUT2D eigenvalue weighted by atomic mass is 127. The summed E-state index contributed by atoms with van der Waals surface area (Å²) in [5, 5.41) is 0. The Bertz CT molecular complexity index is 380. The highest BCUT2D eigenvalue weighted by Gasteiger charge is 2.64. The van der Waals surface area contributed by atoms with E-state index in [4.69, 9.17) is 9.47 Å². The van der Waals surface area contributed by atoms with E-state index in [2.05, 4.69) is 4.74 Å². The van der Waals surface area contributed by atoms with Gasteiger partial charge in [-0.15, -0.1) is 0 Å². The molecule has 0 aliphatic carbocycles. The molecule has 8 heteroatoms. The molecule has 0 saturated carbocycles. The SMILES string of the molecule is CCOC(=O)C1=C(I)[C@H](OC)C(C)(C(F)(F)F)O1. The van der Waals surface area contributed by atoms with Crippen molar-refractivity contribution in [3.8, 4) is 0 Å². The number of hydrogen-bond acceptors (Lipinski definition) is 4. The van der Waals surface area contributed by atoms with E-state index in [1.165, 1.54) is 0 Å². The number of carbonyl (C=O) groups is 1. The predicted molar refractivity (Wildman–Crippen MR) is 64.0 cm³/mol. The minimum Gasteiger partial charge on any atom is -0.467 e. The Balaban J connectivity index is 3.12. The third-order valence-electron chi connectivity index (χ3n) is 2.52. The van der Waals surface area contributed by atoms with E-state index in [0.717, 1.165) is 14.0 Å². The van der Waals surface area contributed by atoms with Crippen LogP contribution in [-0.4, -0.2) is 37.6 Å². The minimum absolute atomic E-state index is 0.0494. The fourth-order valence-corrected chi connectivity index (χ4v) is 2.72. The van der Waals surface area contributed by atoms with Crippen LogP contribution < -0.4 is 0 Å². The molecule has 0 spiro atoms. The Labute approximate surface area is 116 Å². The quantitative estimate of drug-likeness (QED) is 0.558. The number of halogens is 4. The van der Waals surface area contributed by atoms with Gasteiger partial charge in [-0.2, -0.15) is 13.2 Å². The standard InChI is InChI=1S/C10H12F3IO4/c1-4-17-8(15)6-5(14)7(16-3)9(2,18-6)10(11,12)13/h7H,4H2,1-3H3/t7-,9?/m0/s1. The second-order valence-electron chi connectivity index (χ2n) is 3.72. The van der Waals surface area contributed by atoms with Crippen LogP contribution in [0, 0.1) is 0 Å². The Morgan fingerprint density at radius 1 is 1.56 bits per heavy atom. The molecule has 0 bridgehead atoms. The zero-order chi connectivity index (χ0) is 14.1. The van der Waals surface area contributed by atoms with Crippen molar-refractivity contribution < 1.29 is 32.2 Å². The first-order valence-corrected chi connectivity index (χ1v) is 6.12. The molecule has 0 fully saturated rings. The van der Waals surface area contributed by atoms with E-state index in [1.54, 1.807) is 29.5 Å². The van der Waals surface area contributed by atoms with Gasteiger partial charge in [0.05, 0.1) is 10.2 Å². The first kappa shape index (κ1) is 15.5. The highest BCUT2D eigenvalue weighted by molar-refractivity contribution is 14.1. The van der Waals surface area contributed by atoms with Crippen molar-refractivity contribution in [2.75, 3.05) is 13.7 Å². The van der Waals surface area contributed by atoms with Gasteiger partial charge in [-0.3, -0.25) is 0 Å². The van der Waals surface area contributed by atoms with Crippen LogP contribution in [0.15, 0.2) is 9.34 Å². The molecular formula is C10H12F3IO4. The molecule has 1 aliphatic heterocycles. The third kappa shape index (κ3) is 2.44. The summed E-state index contributed by atoms with van der Waals surface area (Å²) in [6.07, 6.45) is -6.05. The Hall–Kier alpha value is -0.510. The molecule has 0 aromatic rings. The van der Waals surface area contributed by atoms with Crippen molar-refractivity contribution in [3.63, 3.8) is 0 Å². The van der Waals surface area contributed by atoms with E-state index in [0.29, 0.717) is 0 Å². The van der Waals surface area contributed by atoms with Gasteiger partial charge in [0.1, 0.15) is 6.10 Å². The van der Waals surface area contributed by atoms with Crippen LogP contribution in [0.5, 0.6) is 0 Å². The average Bonchev–Trinajstić information content (AvgIpc) is 2.51. The summed E-state index contributed by atoms with van der Waals surface area (Å²) in [6.45, 7) is 2.44. The fraction of sp³-hybridized carbons (Fsp3) is 0.700. The van der Waals surface area contributed by atoms with Crippen LogP contribution in [0.25, 0.3) is 0 Å². The molecule has 0 aromatic carbocycles. The van der Waals surface area contributed by atoms with Crippen molar-refractivity contribution in [1.82, 2.24) is 0 Å². The zero-order valence-corrected chi connectivity index (χ0v) is 12.1. The largest absolute Gasteiger partial charge is 0.467 e. The number of methoxy groups -OCH3 is 1. The molecule has 2 atom stereocenters. The number of hydrogen-bond donors (Lipinski definition) is 0. The van der Waals surface area contributed by atoms with Gasteiger partial charge < -0.3 is 14.2 Å². The average molecular weight is 380 g/mol. The second kappa shape index (κ2) is 5.24. The summed E-state index contributed by atoms with van der Waals surface area (Å²) in [4.78, 5) is 11.5. The van der Waals surface area contributed by atoms with Gasteiger partial charge in [0.2, 0.25) is 11.4 Å². The number of alkyl halides is 3. The molecule has 1 unspecified atom stereocenters. The lowest BCUT2D eigenvalue weighted by molar-refractivity contribution is -0.275. The molecule has 0 aromatic heterocycles. The molecule has 0 amide bonds. The molecule has 1 rings (SSSR count). The molecule has 1 heterocycles. The number of carbonyl (C=O) groups excluding carboxylic acids is 1. The minimum atomic E-state index is -4.67. The van der Waals surface area contributed by atoms with Crippen LogP contribution in [0.4, 0.5) is 13.2 Å². The summed E-state index contributed by atoms with van der Waals surface area (Å²) < 4.78 is 53.3. The van der Waals surface area contributed by atoms with Crippen LogP contribution in [-0.2, 0) is 19.0 Å². The lowest BCUT2D eigenvalue weighted by Crippen LogP contribution is -2.51. The Kier molecular flexibility index (Phi) is 4.52. The van der Waals surface area contributed by atoms with Crippen LogP contribution >= 0.6 is 22.6 Å². The van der Waals surface area contributed by atoms with Gasteiger partial charge in [0, 0.05) is 7.11 Å². The van der Waals surface area contributed by atoms with Crippen molar-refractivity contribution in [2.45, 2.75) is 31.7 Å². The molecule has 0 N–H and O–H groups in total. The van der Waals surface area contributed by atoms with Crippen LogP contribution in [0.1, 0.15) is 13.8 Å². The van der Waals surface area contributed by atoms with Gasteiger partial charge in [-0.05, 0) is 36.4 Å². The van der Waals surface area contributed by atoms with Gasteiger partial charge in [-0.25, -0.2) is 4.79 Å². The van der Waals surface area contributed by atoms with Crippen molar-refractivity contribution in [1.29, 1.82) is 0 Å². The van der Waals surface area contributed by atoms with Gasteiger partial charge in [0.25, 0.3) is 0 Å². The van der Waals surface area contributed by atoms with E-state index in [1.807, 2.05) is 0 Å². The van der Waals surface area contributed by atoms with Crippen LogP contribution in [0.3, 0.4) is 0 Å². The normalized spacial score (nSPS) is 28.3. The molecule has 0 radical (unpaired) electrons. The number of rotatable bonds is 3. The lowest BCUT2D eigenvalue weighted by atomic mass is 10.00. The fourth-order valence-electron chi connectivity index (χ4n) is 1.55. The van der Waals surface area contributed by atoms with Gasteiger partial charge in [-0.1, -0.05) is 0 Å². The summed E-state index contributed by atoms with van der Waals surface area (Å²) in [5.41, 5.74) is -2.58. The van der Waals surface area contributed by atoms with Gasteiger partial charge >= 0.3 is 12.1 Å². The summed E-state index contributed by atoms with van der Waals surface area (Å²) >= 11 is 1.60. The number of ether oxygens (including phenoxy) is 3. The lowest BCUT2D eigenvalue weighted by Gasteiger charge is -2.32. The first-order valence-electron chi connectivity index (χ1n) is 5.04. The Morgan fingerprint density at radius 2 is 2.11 bits per heavy atom. The molecule has 4 nitrogen and oxygen atoms in total. The third-order valence-corrected chi connectivity index (χ3v) is 3.58.